The van der Waals surface area contributed by atoms with Gasteiger partial charge in [-0.15, -0.1) is 11.3 Å². The van der Waals surface area contributed by atoms with E-state index in [1.54, 1.807) is 0 Å². The lowest BCUT2D eigenvalue weighted by atomic mass is 9.80. The fourth-order valence-electron chi connectivity index (χ4n) is 3.11. The molecule has 0 amide bonds. The number of nitrogens with zero attached hydrogens (tertiary/aromatic N) is 1. The number of hydrogen-bond acceptors (Lipinski definition) is 4. The maximum atomic E-state index is 5.99. The highest BCUT2D eigenvalue weighted by molar-refractivity contribution is 7.11. The van der Waals surface area contributed by atoms with Gasteiger partial charge >= 0.3 is 0 Å². The van der Waals surface area contributed by atoms with E-state index in [-0.39, 0.29) is 5.60 Å². The molecule has 1 aromatic heterocycles. The first-order valence-electron chi connectivity index (χ1n) is 8.28. The van der Waals surface area contributed by atoms with Crippen LogP contribution in [0.15, 0.2) is 0 Å². The summed E-state index contributed by atoms with van der Waals surface area (Å²) in [5, 5.41) is 4.65. The van der Waals surface area contributed by atoms with E-state index in [1.807, 2.05) is 18.4 Å². The Labute approximate surface area is 133 Å². The lowest BCUT2D eigenvalue weighted by Crippen LogP contribution is -2.33. The molecule has 4 heteroatoms. The fraction of sp³-hybridized carbons (Fsp3) is 0.824. The number of nitrogens with one attached hydrogen (secondary N) is 1. The van der Waals surface area contributed by atoms with Crippen LogP contribution in [0.4, 0.5) is 0 Å². The Morgan fingerprint density at radius 3 is 2.57 bits per heavy atom. The third-order valence-electron chi connectivity index (χ3n) is 4.67. The zero-order valence-electron chi connectivity index (χ0n) is 14.2. The van der Waals surface area contributed by atoms with Gasteiger partial charge in [-0.3, -0.25) is 0 Å². The molecule has 1 aliphatic rings. The molecule has 2 rings (SSSR count). The Morgan fingerprint density at radius 1 is 1.38 bits per heavy atom. The average Bonchev–Trinajstić information content (AvgIpc) is 2.91. The van der Waals surface area contributed by atoms with Gasteiger partial charge in [0.15, 0.2) is 0 Å². The topological polar surface area (TPSA) is 34.1 Å². The summed E-state index contributed by atoms with van der Waals surface area (Å²) >= 11 is 1.86. The van der Waals surface area contributed by atoms with Crippen LogP contribution >= 0.6 is 11.3 Å². The molecule has 0 aromatic carbocycles. The molecular formula is C17H30N2OS. The van der Waals surface area contributed by atoms with Gasteiger partial charge in [-0.1, -0.05) is 27.7 Å². The Hall–Kier alpha value is -0.450. The molecule has 3 nitrogen and oxygen atoms in total. The van der Waals surface area contributed by atoms with Crippen molar-refractivity contribution < 1.29 is 4.74 Å². The van der Waals surface area contributed by atoms with Gasteiger partial charge in [-0.05, 0) is 44.1 Å². The van der Waals surface area contributed by atoms with Crippen LogP contribution in [0.2, 0.25) is 0 Å². The van der Waals surface area contributed by atoms with Gasteiger partial charge in [0.05, 0.1) is 5.69 Å². The quantitative estimate of drug-likeness (QED) is 0.844. The van der Waals surface area contributed by atoms with Crippen molar-refractivity contribution in [2.75, 3.05) is 13.7 Å². The molecule has 0 atom stereocenters. The van der Waals surface area contributed by atoms with Crippen LogP contribution in [-0.4, -0.2) is 18.6 Å². The summed E-state index contributed by atoms with van der Waals surface area (Å²) in [6.45, 7) is 10.9. The standard InChI is InChI=1S/C17H30N2OS/c1-6-18-11-14-15(12(2)3)19-16(21-14)17(20-5)9-7-13(4)8-10-17/h12-13,18H,6-11H2,1-5H3. The maximum absolute atomic E-state index is 5.99. The highest BCUT2D eigenvalue weighted by atomic mass is 32.1. The number of rotatable bonds is 6. The van der Waals surface area contributed by atoms with E-state index >= 15 is 0 Å². The maximum Gasteiger partial charge on any atom is 0.125 e. The van der Waals surface area contributed by atoms with Crippen LogP contribution in [0.5, 0.6) is 0 Å². The highest BCUT2D eigenvalue weighted by Gasteiger charge is 2.39. The summed E-state index contributed by atoms with van der Waals surface area (Å²) in [6, 6.07) is 0. The van der Waals surface area contributed by atoms with E-state index in [0.29, 0.717) is 5.92 Å². The van der Waals surface area contributed by atoms with Crippen LogP contribution < -0.4 is 5.32 Å². The first-order chi connectivity index (χ1) is 10.0. The molecule has 1 heterocycles. The molecule has 0 saturated heterocycles. The Balaban J connectivity index is 2.29. The van der Waals surface area contributed by atoms with E-state index < -0.39 is 0 Å². The zero-order chi connectivity index (χ0) is 15.5. The smallest absolute Gasteiger partial charge is 0.125 e. The Kier molecular flexibility index (Phi) is 5.81. The van der Waals surface area contributed by atoms with E-state index in [9.17, 15) is 0 Å². The van der Waals surface area contributed by atoms with E-state index in [4.69, 9.17) is 9.72 Å². The third kappa shape index (κ3) is 3.66. The molecular weight excluding hydrogens is 280 g/mol. The molecule has 0 spiro atoms. The number of ether oxygens (including phenoxy) is 1. The molecule has 120 valence electrons. The highest BCUT2D eigenvalue weighted by Crippen LogP contribution is 2.44. The van der Waals surface area contributed by atoms with Crippen molar-refractivity contribution in [3.63, 3.8) is 0 Å². The van der Waals surface area contributed by atoms with Crippen LogP contribution in [0, 0.1) is 5.92 Å². The van der Waals surface area contributed by atoms with Gasteiger partial charge in [0.1, 0.15) is 10.6 Å². The van der Waals surface area contributed by atoms with Crippen LogP contribution in [0.1, 0.15) is 74.9 Å². The minimum atomic E-state index is -0.134. The lowest BCUT2D eigenvalue weighted by molar-refractivity contribution is -0.0532. The van der Waals surface area contributed by atoms with Crippen LogP contribution in [0.3, 0.4) is 0 Å². The van der Waals surface area contributed by atoms with Crippen molar-refractivity contribution in [3.8, 4) is 0 Å². The monoisotopic (exact) mass is 310 g/mol. The third-order valence-corrected chi connectivity index (χ3v) is 5.93. The minimum Gasteiger partial charge on any atom is -0.371 e. The van der Waals surface area contributed by atoms with Crippen molar-refractivity contribution >= 4 is 11.3 Å². The second-order valence-corrected chi connectivity index (χ2v) is 7.73. The molecule has 21 heavy (non-hydrogen) atoms. The molecule has 0 bridgehead atoms. The summed E-state index contributed by atoms with van der Waals surface area (Å²) < 4.78 is 5.99. The van der Waals surface area contributed by atoms with Crippen molar-refractivity contribution in [2.45, 2.75) is 71.4 Å². The summed E-state index contributed by atoms with van der Waals surface area (Å²) in [6.07, 6.45) is 4.70. The fourth-order valence-corrected chi connectivity index (χ4v) is 4.52. The summed E-state index contributed by atoms with van der Waals surface area (Å²) in [7, 11) is 1.86. The van der Waals surface area contributed by atoms with E-state index in [0.717, 1.165) is 31.8 Å². The lowest BCUT2D eigenvalue weighted by Gasteiger charge is -2.36. The molecule has 0 unspecified atom stereocenters. The molecule has 1 aliphatic carbocycles. The van der Waals surface area contributed by atoms with Gasteiger partial charge in [-0.2, -0.15) is 0 Å². The molecule has 1 N–H and O–H groups in total. The SMILES string of the molecule is CCNCc1sc(C2(OC)CCC(C)CC2)nc1C(C)C. The number of thiazole rings is 1. The summed E-state index contributed by atoms with van der Waals surface area (Å²) in [5.74, 6) is 1.29. The van der Waals surface area contributed by atoms with Crippen molar-refractivity contribution in [1.82, 2.24) is 10.3 Å². The average molecular weight is 311 g/mol. The molecule has 0 radical (unpaired) electrons. The van der Waals surface area contributed by atoms with Crippen molar-refractivity contribution in [1.29, 1.82) is 0 Å². The van der Waals surface area contributed by atoms with Gasteiger partial charge < -0.3 is 10.1 Å². The van der Waals surface area contributed by atoms with E-state index in [1.165, 1.54) is 28.4 Å². The van der Waals surface area contributed by atoms with Gasteiger partial charge in [0.2, 0.25) is 0 Å². The number of hydrogen-bond donors (Lipinski definition) is 1. The minimum absolute atomic E-state index is 0.134. The van der Waals surface area contributed by atoms with Crippen LogP contribution in [0.25, 0.3) is 0 Å². The first kappa shape index (κ1) is 16.9. The number of aromatic nitrogens is 1. The Bertz CT molecular complexity index is 448. The van der Waals surface area contributed by atoms with E-state index in [2.05, 4.69) is 33.0 Å². The van der Waals surface area contributed by atoms with Crippen molar-refractivity contribution in [2.24, 2.45) is 5.92 Å². The largest absolute Gasteiger partial charge is 0.371 e. The molecule has 1 saturated carbocycles. The predicted octanol–water partition coefficient (Wildman–Crippen LogP) is 4.43. The molecule has 0 aliphatic heterocycles. The predicted molar refractivity (Wildman–Crippen MR) is 89.9 cm³/mol. The first-order valence-corrected chi connectivity index (χ1v) is 9.10. The normalized spacial score (nSPS) is 26.5. The van der Waals surface area contributed by atoms with Gasteiger partial charge in [0, 0.05) is 18.5 Å². The summed E-state index contributed by atoms with van der Waals surface area (Å²) in [5.41, 5.74) is 1.12. The molecule has 1 fully saturated rings. The van der Waals surface area contributed by atoms with Gasteiger partial charge in [-0.25, -0.2) is 4.98 Å². The second kappa shape index (κ2) is 7.21. The van der Waals surface area contributed by atoms with Crippen LogP contribution in [-0.2, 0) is 16.9 Å². The molecule has 1 aromatic rings. The van der Waals surface area contributed by atoms with Gasteiger partial charge in [0.25, 0.3) is 0 Å². The zero-order valence-corrected chi connectivity index (χ0v) is 15.0. The second-order valence-electron chi connectivity index (χ2n) is 6.64. The summed E-state index contributed by atoms with van der Waals surface area (Å²) in [4.78, 5) is 6.39. The number of methoxy groups -OCH3 is 1. The Morgan fingerprint density at radius 2 is 2.05 bits per heavy atom. The van der Waals surface area contributed by atoms with Crippen molar-refractivity contribution in [3.05, 3.63) is 15.6 Å².